The number of rotatable bonds is 5. The van der Waals surface area contributed by atoms with E-state index in [2.05, 4.69) is 27.3 Å². The van der Waals surface area contributed by atoms with Crippen LogP contribution in [0.5, 0.6) is 0 Å². The molecule has 0 saturated carbocycles. The number of amides is 1. The fourth-order valence-corrected chi connectivity index (χ4v) is 1.56. The van der Waals surface area contributed by atoms with Gasteiger partial charge in [0.1, 0.15) is 11.9 Å². The Morgan fingerprint density at radius 1 is 1.60 bits per heavy atom. The molecule has 1 heterocycles. The zero-order valence-electron chi connectivity index (χ0n) is 11.0. The third-order valence-electron chi connectivity index (χ3n) is 2.66. The van der Waals surface area contributed by atoms with Crippen molar-refractivity contribution in [3.8, 4) is 11.4 Å². The van der Waals surface area contributed by atoms with E-state index in [0.717, 1.165) is 0 Å². The second-order valence-electron chi connectivity index (χ2n) is 4.15. The Hall–Kier alpha value is -2.57. The molecule has 104 valence electrons. The van der Waals surface area contributed by atoms with Crippen LogP contribution in [0.25, 0.3) is 11.4 Å². The van der Waals surface area contributed by atoms with Crippen molar-refractivity contribution in [1.29, 1.82) is 0 Å². The Labute approximate surface area is 115 Å². The molecule has 0 fully saturated rings. The lowest BCUT2D eigenvalue weighted by atomic mass is 10.2. The van der Waals surface area contributed by atoms with Crippen LogP contribution in [0.15, 0.2) is 36.9 Å². The summed E-state index contributed by atoms with van der Waals surface area (Å²) in [6.45, 7) is 5.53. The predicted molar refractivity (Wildman–Crippen MR) is 71.1 cm³/mol. The van der Waals surface area contributed by atoms with E-state index in [9.17, 15) is 9.18 Å². The van der Waals surface area contributed by atoms with E-state index < -0.39 is 6.04 Å². The standard InChI is InChI=1S/C13H14FN5O/c1-3-7-15-13(20)9(2)19-17-12(16-18-19)10-5-4-6-11(14)8-10/h3-6,8-9H,1,7H2,2H3,(H,15,20)/t9-/m1/s1. The molecule has 7 heteroatoms. The van der Waals surface area contributed by atoms with Gasteiger partial charge in [-0.3, -0.25) is 4.79 Å². The van der Waals surface area contributed by atoms with Gasteiger partial charge in [0.15, 0.2) is 0 Å². The summed E-state index contributed by atoms with van der Waals surface area (Å²) in [5.74, 6) is -0.350. The molecule has 0 aliphatic heterocycles. The molecule has 1 atom stereocenters. The van der Waals surface area contributed by atoms with Crippen molar-refractivity contribution >= 4 is 5.91 Å². The normalized spacial score (nSPS) is 11.9. The fourth-order valence-electron chi connectivity index (χ4n) is 1.56. The van der Waals surface area contributed by atoms with Crippen molar-refractivity contribution in [3.05, 3.63) is 42.7 Å². The summed E-state index contributed by atoms with van der Waals surface area (Å²) in [7, 11) is 0. The number of carbonyl (C=O) groups excluding carboxylic acids is 1. The van der Waals surface area contributed by atoms with E-state index >= 15 is 0 Å². The second kappa shape index (κ2) is 6.05. The highest BCUT2D eigenvalue weighted by Crippen LogP contribution is 2.15. The highest BCUT2D eigenvalue weighted by Gasteiger charge is 2.18. The van der Waals surface area contributed by atoms with Gasteiger partial charge in [-0.15, -0.1) is 16.8 Å². The molecule has 0 spiro atoms. The Morgan fingerprint density at radius 3 is 3.10 bits per heavy atom. The quantitative estimate of drug-likeness (QED) is 0.836. The van der Waals surface area contributed by atoms with E-state index in [0.29, 0.717) is 12.1 Å². The van der Waals surface area contributed by atoms with Crippen molar-refractivity contribution in [2.45, 2.75) is 13.0 Å². The lowest BCUT2D eigenvalue weighted by molar-refractivity contribution is -0.124. The lowest BCUT2D eigenvalue weighted by Gasteiger charge is -2.08. The molecule has 20 heavy (non-hydrogen) atoms. The number of benzene rings is 1. The third kappa shape index (κ3) is 3.05. The largest absolute Gasteiger partial charge is 0.351 e. The molecular weight excluding hydrogens is 261 g/mol. The average Bonchev–Trinajstić information content (AvgIpc) is 2.93. The van der Waals surface area contributed by atoms with Crippen LogP contribution in [0.3, 0.4) is 0 Å². The number of aromatic nitrogens is 4. The van der Waals surface area contributed by atoms with E-state index in [1.54, 1.807) is 25.1 Å². The van der Waals surface area contributed by atoms with Gasteiger partial charge >= 0.3 is 0 Å². The monoisotopic (exact) mass is 275 g/mol. The van der Waals surface area contributed by atoms with Crippen molar-refractivity contribution in [3.63, 3.8) is 0 Å². The molecule has 1 aromatic carbocycles. The molecule has 0 saturated heterocycles. The summed E-state index contributed by atoms with van der Waals surface area (Å²) in [6, 6.07) is 5.27. The maximum Gasteiger partial charge on any atom is 0.246 e. The number of nitrogens with zero attached hydrogens (tertiary/aromatic N) is 4. The summed E-state index contributed by atoms with van der Waals surface area (Å²) in [6.07, 6.45) is 1.58. The first-order valence-electron chi connectivity index (χ1n) is 6.06. The van der Waals surface area contributed by atoms with Gasteiger partial charge in [0.2, 0.25) is 11.7 Å². The van der Waals surface area contributed by atoms with Crippen molar-refractivity contribution in [2.24, 2.45) is 0 Å². The van der Waals surface area contributed by atoms with E-state index in [-0.39, 0.29) is 17.5 Å². The van der Waals surface area contributed by atoms with Crippen LogP contribution in [0.4, 0.5) is 4.39 Å². The minimum absolute atomic E-state index is 0.243. The van der Waals surface area contributed by atoms with Crippen LogP contribution < -0.4 is 5.32 Å². The van der Waals surface area contributed by atoms with Gasteiger partial charge in [-0.1, -0.05) is 18.2 Å². The number of hydrogen-bond donors (Lipinski definition) is 1. The summed E-state index contributed by atoms with van der Waals surface area (Å²) in [4.78, 5) is 12.9. The van der Waals surface area contributed by atoms with Crippen LogP contribution in [-0.2, 0) is 4.79 Å². The molecule has 1 N–H and O–H groups in total. The van der Waals surface area contributed by atoms with Gasteiger partial charge < -0.3 is 5.32 Å². The Bertz CT molecular complexity index is 625. The average molecular weight is 275 g/mol. The van der Waals surface area contributed by atoms with Crippen LogP contribution in [0.1, 0.15) is 13.0 Å². The molecule has 2 rings (SSSR count). The molecule has 0 aliphatic rings. The fraction of sp³-hybridized carbons (Fsp3) is 0.231. The molecule has 6 nitrogen and oxygen atoms in total. The van der Waals surface area contributed by atoms with Gasteiger partial charge in [-0.2, -0.15) is 4.80 Å². The lowest BCUT2D eigenvalue weighted by Crippen LogP contribution is -2.32. The summed E-state index contributed by atoms with van der Waals surface area (Å²) < 4.78 is 13.1. The second-order valence-corrected chi connectivity index (χ2v) is 4.15. The summed E-state index contributed by atoms with van der Waals surface area (Å²) in [5.41, 5.74) is 0.509. The van der Waals surface area contributed by atoms with Gasteiger partial charge in [0.25, 0.3) is 0 Å². The maximum atomic E-state index is 13.1. The molecule has 0 unspecified atom stereocenters. The van der Waals surface area contributed by atoms with E-state index in [4.69, 9.17) is 0 Å². The third-order valence-corrected chi connectivity index (χ3v) is 2.66. The maximum absolute atomic E-state index is 13.1. The van der Waals surface area contributed by atoms with Gasteiger partial charge in [0, 0.05) is 12.1 Å². The Kier molecular flexibility index (Phi) is 4.19. The zero-order chi connectivity index (χ0) is 14.5. The first-order valence-corrected chi connectivity index (χ1v) is 6.06. The Morgan fingerprint density at radius 2 is 2.40 bits per heavy atom. The number of hydrogen-bond acceptors (Lipinski definition) is 4. The first kappa shape index (κ1) is 13.9. The highest BCUT2D eigenvalue weighted by molar-refractivity contribution is 5.79. The van der Waals surface area contributed by atoms with Crippen LogP contribution in [0, 0.1) is 5.82 Å². The number of carbonyl (C=O) groups is 1. The van der Waals surface area contributed by atoms with Crippen LogP contribution in [-0.4, -0.2) is 32.7 Å². The van der Waals surface area contributed by atoms with Crippen LogP contribution >= 0.6 is 0 Å². The summed E-state index contributed by atoms with van der Waals surface area (Å²) in [5, 5.41) is 14.4. The molecule has 2 aromatic rings. The number of halogens is 1. The highest BCUT2D eigenvalue weighted by atomic mass is 19.1. The van der Waals surface area contributed by atoms with Crippen LogP contribution in [0.2, 0.25) is 0 Å². The molecular formula is C13H14FN5O. The minimum atomic E-state index is -0.607. The molecule has 0 aliphatic carbocycles. The van der Waals surface area contributed by atoms with Crippen molar-refractivity contribution < 1.29 is 9.18 Å². The number of tetrazole rings is 1. The Balaban J connectivity index is 2.16. The number of nitrogens with one attached hydrogen (secondary N) is 1. The van der Waals surface area contributed by atoms with E-state index in [1.807, 2.05) is 0 Å². The smallest absolute Gasteiger partial charge is 0.246 e. The predicted octanol–water partition coefficient (Wildman–Crippen LogP) is 1.34. The molecule has 1 amide bonds. The minimum Gasteiger partial charge on any atom is -0.351 e. The molecule has 1 aromatic heterocycles. The van der Waals surface area contributed by atoms with Gasteiger partial charge in [0.05, 0.1) is 0 Å². The SMILES string of the molecule is C=CCNC(=O)[C@@H](C)n1nnc(-c2cccc(F)c2)n1. The summed E-state index contributed by atoms with van der Waals surface area (Å²) >= 11 is 0. The van der Waals surface area contributed by atoms with Crippen molar-refractivity contribution in [1.82, 2.24) is 25.5 Å². The zero-order valence-corrected chi connectivity index (χ0v) is 11.0. The van der Waals surface area contributed by atoms with Gasteiger partial charge in [-0.25, -0.2) is 4.39 Å². The van der Waals surface area contributed by atoms with Crippen molar-refractivity contribution in [2.75, 3.05) is 6.54 Å². The first-order chi connectivity index (χ1) is 9.61. The topological polar surface area (TPSA) is 72.7 Å². The molecule has 0 radical (unpaired) electrons. The van der Waals surface area contributed by atoms with E-state index in [1.165, 1.54) is 16.9 Å². The molecule has 0 bridgehead atoms. The van der Waals surface area contributed by atoms with Gasteiger partial charge in [-0.05, 0) is 24.3 Å².